The molecule has 0 aliphatic carbocycles. The number of para-hydroxylation sites is 1. The molecule has 0 radical (unpaired) electrons. The number of Topliss-reactive ketones (excluding diaryl/α,β-unsaturated/α-hetero) is 1. The number of pyridine rings is 1. The van der Waals surface area contributed by atoms with Gasteiger partial charge in [-0.1, -0.05) is 18.1 Å². The van der Waals surface area contributed by atoms with E-state index >= 15 is 0 Å². The summed E-state index contributed by atoms with van der Waals surface area (Å²) in [5, 5.41) is 60.9. The van der Waals surface area contributed by atoms with Crippen molar-refractivity contribution in [1.82, 2.24) is 4.98 Å². The molecular weight excluding hydrogens is 1020 g/mol. The number of non-ortho nitro benzene ring substituents is 2. The summed E-state index contributed by atoms with van der Waals surface area (Å²) in [6.45, 7) is -3.24. The Morgan fingerprint density at radius 1 is 0.649 bits per heavy atom. The summed E-state index contributed by atoms with van der Waals surface area (Å²) >= 11 is 0. The van der Waals surface area contributed by atoms with Crippen molar-refractivity contribution >= 4 is 40.1 Å². The second kappa shape index (κ2) is 38.1. The van der Waals surface area contributed by atoms with Crippen LogP contribution in [0.2, 0.25) is 0 Å². The Balaban J connectivity index is 0. The number of aryl methyl sites for hydroxylation is 1. The van der Waals surface area contributed by atoms with Gasteiger partial charge in [-0.15, -0.1) is 0 Å². The van der Waals surface area contributed by atoms with E-state index in [1.54, 1.807) is 0 Å². The number of nitrogens with zero attached hydrogens (tertiary/aromatic N) is 5. The van der Waals surface area contributed by atoms with Crippen LogP contribution in [0.3, 0.4) is 0 Å². The molecule has 74 heavy (non-hydrogen) atoms. The molecule has 0 bridgehead atoms. The summed E-state index contributed by atoms with van der Waals surface area (Å²) in [5.41, 5.74) is -1.68. The summed E-state index contributed by atoms with van der Waals surface area (Å²) in [7, 11) is 0. The normalized spacial score (nSPS) is 12.8. The Kier molecular flexibility index (Phi) is 21.0. The van der Waals surface area contributed by atoms with Crippen molar-refractivity contribution in [2.45, 2.75) is 34.0 Å². The zero-order valence-corrected chi connectivity index (χ0v) is 39.5. The van der Waals surface area contributed by atoms with E-state index in [0.717, 1.165) is 36.4 Å². The Morgan fingerprint density at radius 2 is 1.11 bits per heavy atom. The van der Waals surface area contributed by atoms with Gasteiger partial charge in [0.25, 0.3) is 22.7 Å². The van der Waals surface area contributed by atoms with Gasteiger partial charge in [0.15, 0.2) is 18.1 Å². The van der Waals surface area contributed by atoms with Gasteiger partial charge in [-0.25, -0.2) is 22.0 Å². The van der Waals surface area contributed by atoms with Crippen molar-refractivity contribution < 1.29 is 134 Å². The first kappa shape index (κ1) is 40.9. The number of anilines is 1. The fourth-order valence-corrected chi connectivity index (χ4v) is 3.35. The number of hydrogen-bond acceptors (Lipinski definition) is 15. The van der Waals surface area contributed by atoms with Gasteiger partial charge in [-0.05, 0) is 91.7 Å². The van der Waals surface area contributed by atoms with Gasteiger partial charge in [-0.2, -0.15) is 8.78 Å². The molecule has 5 aromatic carbocycles. The number of nitro groups is 4. The van der Waals surface area contributed by atoms with Gasteiger partial charge >= 0.3 is 36.2 Å². The molecule has 0 aliphatic heterocycles. The van der Waals surface area contributed by atoms with E-state index in [-0.39, 0.29) is 94.4 Å². The minimum Gasteiger partial charge on any atom is -0.801 e. The van der Waals surface area contributed by atoms with E-state index < -0.39 is 146 Å². The van der Waals surface area contributed by atoms with Crippen LogP contribution in [0.4, 0.5) is 59.2 Å². The van der Waals surface area contributed by atoms with Gasteiger partial charge in [0.1, 0.15) is 30.3 Å². The van der Waals surface area contributed by atoms with Crippen LogP contribution in [0.5, 0.6) is 11.5 Å². The van der Waals surface area contributed by atoms with E-state index in [1.807, 2.05) is 0 Å². The monoisotopic (exact) mass is 1070 g/mol. The minimum absolute atomic E-state index is 0. The summed E-state index contributed by atoms with van der Waals surface area (Å²) < 4.78 is 215. The summed E-state index contributed by atoms with van der Waals surface area (Å²) in [6, 6.07) is 1.38. The van der Waals surface area contributed by atoms with E-state index in [2.05, 4.69) is 19.5 Å². The Hall–Kier alpha value is -8.66. The van der Waals surface area contributed by atoms with Crippen LogP contribution in [0.1, 0.15) is 54.8 Å². The number of carbonyl (C=O) groups excluding carboxylic acids is 2. The number of hydrogen-bond donors (Lipinski definition) is 2. The zero-order valence-electron chi connectivity index (χ0n) is 55.5. The van der Waals surface area contributed by atoms with Gasteiger partial charge in [0.05, 0.1) is 54.9 Å². The number of aromatic nitrogens is 1. The average Bonchev–Trinajstić information content (AvgIpc) is 1.09. The maximum absolute atomic E-state index is 12.9. The van der Waals surface area contributed by atoms with Gasteiger partial charge in [-0.3, -0.25) is 55.0 Å². The molecule has 0 unspecified atom stereocenters. The predicted molar refractivity (Wildman–Crippen MR) is 245 cm³/mol. The van der Waals surface area contributed by atoms with E-state index in [0.29, 0.717) is 5.69 Å². The molecule has 20 nitrogen and oxygen atoms in total. The largest absolute Gasteiger partial charge is 1.00 e. The second-order valence-corrected chi connectivity index (χ2v) is 11.5. The number of furan rings is 1. The molecule has 28 heteroatoms. The molecule has 1 amide bonds. The third-order valence-electron chi connectivity index (χ3n) is 6.28. The second-order valence-electron chi connectivity index (χ2n) is 11.5. The molecule has 2 N–H and O–H groups in total. The van der Waals surface area contributed by atoms with Crippen molar-refractivity contribution in [3.05, 3.63) is 233 Å². The number of nitro benzene ring substituents is 4. The fourth-order valence-electron chi connectivity index (χ4n) is 3.35. The molecule has 0 aliphatic rings. The zero-order chi connectivity index (χ0) is 71.2. The SMILES string of the molecule is CC(=O)Nc1ccc(OC(F)F)cc1.O=[N+]([O-])c1ccc(F)cc1.[2H]C([O-])(F)F.[2H]c1c([2H])c([2H])c([N+](=O)[O-])c([2H])c1[2H].[2H]c1c([2H])c([N+](=O)[O-])c([2H])c([2H])c1F.[2H]c1cc([N+](=O)[O-])cc([2H])c1F.[2H]c1nc(C)c(O)c([2H])c1[2H].[2H]c1oc(C(C)=O)c([2H])c1[2H].[Na+]. The van der Waals surface area contributed by atoms with Crippen molar-refractivity contribution in [2.24, 2.45) is 0 Å². The van der Waals surface area contributed by atoms with Crippen molar-refractivity contribution in [3.63, 3.8) is 0 Å². The first-order chi connectivity index (χ1) is 41.6. The number of aromatic hydroxyl groups is 1. The molecular formula is C46H40F7N6NaO14. The number of benzene rings is 5. The molecule has 0 fully saturated rings. The quantitative estimate of drug-likeness (QED) is 0.0476. The topological polar surface area (TPSA) is 297 Å². The number of amides is 1. The Labute approximate surface area is 461 Å². The third kappa shape index (κ3) is 33.8. The van der Waals surface area contributed by atoms with E-state index in [4.69, 9.17) is 34.9 Å². The first-order valence-corrected chi connectivity index (χ1v) is 18.2. The van der Waals surface area contributed by atoms with Crippen LogP contribution >= 0.6 is 0 Å². The number of ketones is 1. The molecule has 0 spiro atoms. The number of ether oxygens (including phenoxy) is 1. The summed E-state index contributed by atoms with van der Waals surface area (Å²) in [5.74, 6) is -3.99. The van der Waals surface area contributed by atoms with E-state index in [1.165, 1.54) is 45.0 Å². The molecule has 0 saturated heterocycles. The smallest absolute Gasteiger partial charge is 0.801 e. The first-order valence-electron chi connectivity index (χ1n) is 27.2. The standard InChI is InChI=1S/C9H9F2NO2.3C6H4FNO2.C6H5NO2.C6H7NO.C6H6O2.CHF2O.Na/c1-6(13)12-7-2-4-8(5-3-7)14-9(10)11;3*7-5-1-3-6(4-2-5)8(9)10;8-7(9)6-4-2-1-3-5-6;1-5-6(8)3-2-4-7-5;1-5(7)6-3-2-4-8-6;2-1(3)4;/h2-5,9H,1H3,(H,12,13);3*1-4H;1-5H;2-4,8H,1H3;2-4H,1H3;1H;/q;;;;;;;-1;+1/i;1D,2D,3D,4D;1D,2D;;1D,2D,3D,4D,5D;2*2D,3D,4D;1D;. The molecule has 2 heterocycles. The van der Waals surface area contributed by atoms with Crippen molar-refractivity contribution in [2.75, 3.05) is 5.32 Å². The minimum atomic E-state index is -4.50. The van der Waals surface area contributed by atoms with Crippen LogP contribution < -0.4 is 44.7 Å². The van der Waals surface area contributed by atoms with Crippen molar-refractivity contribution in [1.29, 1.82) is 0 Å². The molecule has 0 saturated carbocycles. The van der Waals surface area contributed by atoms with Crippen LogP contribution in [-0.4, -0.2) is 54.7 Å². The maximum atomic E-state index is 12.9. The number of nitrogens with one attached hydrogen (secondary N) is 1. The summed E-state index contributed by atoms with van der Waals surface area (Å²) in [4.78, 5) is 62.3. The Morgan fingerprint density at radius 3 is 1.51 bits per heavy atom. The van der Waals surface area contributed by atoms with Gasteiger partial charge in [0.2, 0.25) is 5.91 Å². The summed E-state index contributed by atoms with van der Waals surface area (Å²) in [6.07, 6.45) is -0.703. The number of halogens is 7. The molecule has 0 atom stereocenters. The number of alkyl halides is 4. The average molecular weight is 1070 g/mol. The number of rotatable bonds is 8. The fraction of sp³-hybridized carbons (Fsp3) is 0.109. The van der Waals surface area contributed by atoms with Crippen molar-refractivity contribution in [3.8, 4) is 11.5 Å². The number of carbonyl (C=O) groups is 2. The third-order valence-corrected chi connectivity index (χ3v) is 6.28. The molecule has 7 rings (SSSR count). The molecule has 7 aromatic rings. The van der Waals surface area contributed by atoms with Crippen LogP contribution in [0.25, 0.3) is 0 Å². The van der Waals surface area contributed by atoms with Crippen LogP contribution in [0.15, 0.2) is 168 Å². The predicted octanol–water partition coefficient (Wildman–Crippen LogP) is 8.19. The van der Waals surface area contributed by atoms with Gasteiger partial charge in [0, 0.05) is 74.1 Å². The van der Waals surface area contributed by atoms with E-state index in [9.17, 15) is 80.8 Å². The molecule has 2 aromatic heterocycles. The van der Waals surface area contributed by atoms with Crippen LogP contribution in [0, 0.1) is 64.8 Å². The van der Waals surface area contributed by atoms with Crippen LogP contribution in [-0.2, 0) is 4.79 Å². The Bertz CT molecular complexity index is 3610. The van der Waals surface area contributed by atoms with Gasteiger partial charge < -0.3 is 24.7 Å². The maximum Gasteiger partial charge on any atom is 1.00 e. The molecule has 388 valence electrons.